The molecule has 0 amide bonds. The number of carbonyl (C=O) groups excluding carboxylic acids is 1. The van der Waals surface area contributed by atoms with Crippen LogP contribution in [0.2, 0.25) is 0 Å². The molecule has 0 aromatic rings. The smallest absolute Gasteiger partial charge is 0.329 e. The van der Waals surface area contributed by atoms with Crippen molar-refractivity contribution in [2.75, 3.05) is 0 Å². The lowest BCUT2D eigenvalue weighted by Gasteiger charge is -2.03. The molecule has 0 unspecified atom stereocenters. The van der Waals surface area contributed by atoms with E-state index in [1.807, 2.05) is 0 Å². The molecule has 134 valence electrons. The molecule has 0 aromatic heterocycles. The van der Waals surface area contributed by atoms with Gasteiger partial charge in [0.05, 0.1) is 0 Å². The number of hydrogen-bond acceptors (Lipinski definition) is 3. The summed E-state index contributed by atoms with van der Waals surface area (Å²) >= 11 is 0. The Bertz CT molecular complexity index is 323. The molecular weight excluding hydrogens is 288 g/mol. The number of hydrogen-bond donors (Lipinski definition) is 0. The fourth-order valence-corrected chi connectivity index (χ4v) is 2.88. The quantitative estimate of drug-likeness (QED) is 0.223. The van der Waals surface area contributed by atoms with E-state index in [1.54, 1.807) is 0 Å². The van der Waals surface area contributed by atoms with Crippen LogP contribution in [0.5, 0.6) is 0 Å². The van der Waals surface area contributed by atoms with Gasteiger partial charge in [0.25, 0.3) is 0 Å². The maximum absolute atomic E-state index is 11.3. The van der Waals surface area contributed by atoms with Crippen LogP contribution in [0.25, 0.3) is 0 Å². The van der Waals surface area contributed by atoms with Crippen LogP contribution in [-0.4, -0.2) is 5.97 Å². The first kappa shape index (κ1) is 20.1. The molecule has 0 bridgehead atoms. The summed E-state index contributed by atoms with van der Waals surface area (Å²) in [5.41, 5.74) is 0. The summed E-state index contributed by atoms with van der Waals surface area (Å²) in [5.74, 6) is 0.208. The van der Waals surface area contributed by atoms with Crippen LogP contribution in [0, 0.1) is 0 Å². The number of rotatable bonds is 17. The van der Waals surface area contributed by atoms with Gasteiger partial charge in [0.15, 0.2) is 6.26 Å². The molecule has 0 saturated heterocycles. The van der Waals surface area contributed by atoms with Gasteiger partial charge in [-0.05, 0) is 6.42 Å². The van der Waals surface area contributed by atoms with E-state index in [1.165, 1.54) is 89.7 Å². The third-order valence-electron chi connectivity index (χ3n) is 4.41. The maximum atomic E-state index is 11.3. The van der Waals surface area contributed by atoms with Gasteiger partial charge in [-0.3, -0.25) is 4.79 Å². The summed E-state index contributed by atoms with van der Waals surface area (Å²) in [7, 11) is 0. The molecule has 0 radical (unpaired) electrons. The Labute approximate surface area is 142 Å². The van der Waals surface area contributed by atoms with E-state index < -0.39 is 0 Å². The van der Waals surface area contributed by atoms with Crippen molar-refractivity contribution < 1.29 is 14.3 Å². The van der Waals surface area contributed by atoms with Crippen molar-refractivity contribution in [3.05, 3.63) is 12.2 Å². The third-order valence-corrected chi connectivity index (χ3v) is 4.41. The minimum atomic E-state index is -0.163. The van der Waals surface area contributed by atoms with Gasteiger partial charge in [0.1, 0.15) is 0 Å². The highest BCUT2D eigenvalue weighted by Crippen LogP contribution is 2.17. The van der Waals surface area contributed by atoms with Crippen molar-refractivity contribution in [2.24, 2.45) is 0 Å². The Morgan fingerprint density at radius 2 is 1.17 bits per heavy atom. The molecule has 0 atom stereocenters. The second-order valence-corrected chi connectivity index (χ2v) is 6.73. The van der Waals surface area contributed by atoms with Gasteiger partial charge in [-0.1, -0.05) is 96.8 Å². The second-order valence-electron chi connectivity index (χ2n) is 6.73. The number of esters is 1. The molecule has 3 nitrogen and oxygen atoms in total. The molecule has 1 aliphatic heterocycles. The average molecular weight is 325 g/mol. The van der Waals surface area contributed by atoms with Gasteiger partial charge in [-0.2, -0.15) is 0 Å². The van der Waals surface area contributed by atoms with Crippen molar-refractivity contribution >= 4 is 5.97 Å². The molecule has 1 heterocycles. The molecule has 0 N–H and O–H groups in total. The summed E-state index contributed by atoms with van der Waals surface area (Å²) in [4.78, 5) is 11.3. The molecule has 1 aliphatic rings. The van der Waals surface area contributed by atoms with Gasteiger partial charge in [0.2, 0.25) is 0 Å². The van der Waals surface area contributed by atoms with Crippen LogP contribution in [0.4, 0.5) is 0 Å². The number of ether oxygens (including phenoxy) is 2. The molecule has 0 aliphatic carbocycles. The van der Waals surface area contributed by atoms with Crippen LogP contribution in [0.15, 0.2) is 12.2 Å². The van der Waals surface area contributed by atoms with Crippen LogP contribution >= 0.6 is 0 Å². The first-order valence-electron chi connectivity index (χ1n) is 9.90. The normalized spacial score (nSPS) is 12.7. The average Bonchev–Trinajstić information content (AvgIpc) is 3.35. The largest absolute Gasteiger partial charge is 0.424 e. The van der Waals surface area contributed by atoms with Gasteiger partial charge < -0.3 is 9.47 Å². The van der Waals surface area contributed by atoms with Crippen molar-refractivity contribution in [3.8, 4) is 0 Å². The Morgan fingerprint density at radius 3 is 1.57 bits per heavy atom. The first-order chi connectivity index (χ1) is 11.3. The predicted molar refractivity (Wildman–Crippen MR) is 94.8 cm³/mol. The predicted octanol–water partition coefficient (Wildman–Crippen LogP) is 6.62. The summed E-state index contributed by atoms with van der Waals surface area (Å²) in [5, 5.41) is 0. The third kappa shape index (κ3) is 14.3. The fraction of sp³-hybridized carbons (Fsp3) is 0.850. The Hall–Kier alpha value is -0.990. The van der Waals surface area contributed by atoms with Crippen LogP contribution in [0.1, 0.15) is 110 Å². The topological polar surface area (TPSA) is 38.8 Å². The molecule has 23 heavy (non-hydrogen) atoms. The lowest BCUT2D eigenvalue weighted by molar-refractivity contribution is -0.140. The van der Waals surface area contributed by atoms with E-state index in [2.05, 4.69) is 11.7 Å². The molecule has 0 fully saturated rings. The molecule has 0 saturated carbocycles. The highest BCUT2D eigenvalue weighted by Gasteiger charge is 2.16. The second kappa shape index (κ2) is 14.6. The molecule has 1 rings (SSSR count). The van der Waals surface area contributed by atoms with E-state index in [-0.39, 0.29) is 5.97 Å². The van der Waals surface area contributed by atoms with Crippen molar-refractivity contribution in [1.82, 2.24) is 0 Å². The minimum absolute atomic E-state index is 0.163. The highest BCUT2D eigenvalue weighted by atomic mass is 16.7. The van der Waals surface area contributed by atoms with Crippen LogP contribution < -0.4 is 0 Å². The monoisotopic (exact) mass is 324 g/mol. The van der Waals surface area contributed by atoms with Crippen molar-refractivity contribution in [1.29, 1.82) is 0 Å². The van der Waals surface area contributed by atoms with E-state index in [4.69, 9.17) is 4.74 Å². The maximum Gasteiger partial charge on any atom is 0.329 e. The number of unbranched alkanes of at least 4 members (excludes halogenated alkanes) is 14. The summed E-state index contributed by atoms with van der Waals surface area (Å²) in [6.45, 7) is 2.27. The van der Waals surface area contributed by atoms with Crippen LogP contribution in [-0.2, 0) is 14.3 Å². The zero-order valence-corrected chi connectivity index (χ0v) is 15.1. The summed E-state index contributed by atoms with van der Waals surface area (Å²) in [6, 6.07) is 0. The van der Waals surface area contributed by atoms with E-state index >= 15 is 0 Å². The van der Waals surface area contributed by atoms with E-state index in [9.17, 15) is 4.79 Å². The van der Waals surface area contributed by atoms with Gasteiger partial charge in [0, 0.05) is 6.42 Å². The van der Waals surface area contributed by atoms with Gasteiger partial charge >= 0.3 is 11.9 Å². The van der Waals surface area contributed by atoms with E-state index in [0.717, 1.165) is 12.8 Å². The molecule has 3 heteroatoms. The van der Waals surface area contributed by atoms with E-state index in [0.29, 0.717) is 12.4 Å². The molecular formula is C20H36O3. The summed E-state index contributed by atoms with van der Waals surface area (Å²) < 4.78 is 9.54. The minimum Gasteiger partial charge on any atom is -0.424 e. The zero-order valence-electron chi connectivity index (χ0n) is 15.1. The number of carbonyl (C=O) groups is 1. The lowest BCUT2D eigenvalue weighted by Crippen LogP contribution is -2.00. The Balaban J connectivity index is 1.66. The fourth-order valence-electron chi connectivity index (χ4n) is 2.88. The Kier molecular flexibility index (Phi) is 12.7. The Morgan fingerprint density at radius 1 is 0.783 bits per heavy atom. The first-order valence-corrected chi connectivity index (χ1v) is 9.90. The summed E-state index contributed by atoms with van der Waals surface area (Å²) in [6.07, 6.45) is 22.0. The van der Waals surface area contributed by atoms with Crippen molar-refractivity contribution in [3.63, 3.8) is 0 Å². The lowest BCUT2D eigenvalue weighted by atomic mass is 10.0. The van der Waals surface area contributed by atoms with Crippen molar-refractivity contribution in [2.45, 2.75) is 110 Å². The highest BCUT2D eigenvalue weighted by molar-refractivity contribution is 5.70. The SMILES string of the molecule is CCCCCCCCCCCCCCCCCC(=O)OC1=CO1. The zero-order chi connectivity index (χ0) is 16.6. The van der Waals surface area contributed by atoms with Gasteiger partial charge in [-0.15, -0.1) is 0 Å². The van der Waals surface area contributed by atoms with Crippen LogP contribution in [0.3, 0.4) is 0 Å². The molecule has 0 spiro atoms. The standard InChI is InChI=1S/C20H36O3/c1-2-3-4-5-6-7-8-9-10-11-12-13-14-15-16-17-19(21)23-20-18-22-20/h18H,2-17H2,1H3. The van der Waals surface area contributed by atoms with Gasteiger partial charge in [-0.25, -0.2) is 0 Å². The molecule has 0 aromatic carbocycles.